The molecule has 0 N–H and O–H groups in total. The van der Waals surface area contributed by atoms with Crippen molar-refractivity contribution in [2.45, 2.75) is 26.9 Å². The molecule has 26 heavy (non-hydrogen) atoms. The lowest BCUT2D eigenvalue weighted by Gasteiger charge is -2.17. The van der Waals surface area contributed by atoms with Gasteiger partial charge < -0.3 is 4.90 Å². The molecule has 0 radical (unpaired) electrons. The third-order valence-electron chi connectivity index (χ3n) is 4.00. The Bertz CT molecular complexity index is 989. The number of aryl methyl sites for hydroxylation is 1. The maximum Gasteiger partial charge on any atom is 0.308 e. The summed E-state index contributed by atoms with van der Waals surface area (Å²) < 4.78 is 14.6. The molecular formula is C18H18FN3O2S2. The smallest absolute Gasteiger partial charge is 0.308 e. The number of halogens is 1. The lowest BCUT2D eigenvalue weighted by molar-refractivity contribution is 0.0788. The summed E-state index contributed by atoms with van der Waals surface area (Å²) in [7, 11) is 1.67. The first-order valence-corrected chi connectivity index (χ1v) is 9.66. The Morgan fingerprint density at radius 3 is 2.58 bits per heavy atom. The van der Waals surface area contributed by atoms with Gasteiger partial charge in [-0.2, -0.15) is 0 Å². The molecule has 136 valence electrons. The Morgan fingerprint density at radius 2 is 1.96 bits per heavy atom. The zero-order valence-corrected chi connectivity index (χ0v) is 16.3. The fourth-order valence-corrected chi connectivity index (χ4v) is 4.20. The molecule has 2 heterocycles. The van der Waals surface area contributed by atoms with Crippen molar-refractivity contribution >= 4 is 28.6 Å². The minimum absolute atomic E-state index is 0.174. The van der Waals surface area contributed by atoms with Crippen LogP contribution in [0.25, 0.3) is 0 Å². The SMILES string of the molecule is Cc1nc(Cn2c(C)c(C(=O)N(C)Cc3ccc(F)cc3)sc2=O)cs1. The van der Waals surface area contributed by atoms with Gasteiger partial charge in [-0.1, -0.05) is 23.5 Å². The summed E-state index contributed by atoms with van der Waals surface area (Å²) in [4.78, 5) is 31.3. The largest absolute Gasteiger partial charge is 0.337 e. The summed E-state index contributed by atoms with van der Waals surface area (Å²) in [5.41, 5.74) is 2.28. The maximum absolute atomic E-state index is 13.0. The van der Waals surface area contributed by atoms with Gasteiger partial charge in [0, 0.05) is 24.7 Å². The molecule has 0 spiro atoms. The third kappa shape index (κ3) is 3.91. The molecule has 1 amide bonds. The molecule has 0 aliphatic rings. The number of carbonyl (C=O) groups excluding carboxylic acids is 1. The summed E-state index contributed by atoms with van der Waals surface area (Å²) in [6.07, 6.45) is 0. The molecule has 0 saturated carbocycles. The molecule has 1 aromatic carbocycles. The van der Waals surface area contributed by atoms with Crippen LogP contribution in [0, 0.1) is 19.7 Å². The molecule has 5 nitrogen and oxygen atoms in total. The van der Waals surface area contributed by atoms with Gasteiger partial charge in [0.25, 0.3) is 5.91 Å². The van der Waals surface area contributed by atoms with Crippen molar-refractivity contribution < 1.29 is 9.18 Å². The Kier molecular flexibility index (Phi) is 5.33. The standard InChI is InChI=1S/C18H18FN3O2S2/c1-11-16(17(23)21(3)8-13-4-6-14(19)7-5-13)26-18(24)22(11)9-15-10-25-12(2)20-15/h4-7,10H,8-9H2,1-3H3. The van der Waals surface area contributed by atoms with Crippen LogP contribution in [0.15, 0.2) is 34.4 Å². The molecular weight excluding hydrogens is 373 g/mol. The zero-order valence-electron chi connectivity index (χ0n) is 14.7. The molecule has 8 heteroatoms. The quantitative estimate of drug-likeness (QED) is 0.669. The number of amides is 1. The van der Waals surface area contributed by atoms with Crippen molar-refractivity contribution in [3.8, 4) is 0 Å². The van der Waals surface area contributed by atoms with E-state index >= 15 is 0 Å². The van der Waals surface area contributed by atoms with Crippen molar-refractivity contribution in [2.75, 3.05) is 7.05 Å². The van der Waals surface area contributed by atoms with Gasteiger partial charge in [0.15, 0.2) is 0 Å². The van der Waals surface area contributed by atoms with Crippen LogP contribution in [0.4, 0.5) is 4.39 Å². The number of nitrogens with zero attached hydrogens (tertiary/aromatic N) is 3. The average Bonchev–Trinajstić information content (AvgIpc) is 3.14. The van der Waals surface area contributed by atoms with Gasteiger partial charge in [-0.25, -0.2) is 9.37 Å². The second-order valence-electron chi connectivity index (χ2n) is 6.01. The van der Waals surface area contributed by atoms with Gasteiger partial charge in [-0.3, -0.25) is 14.2 Å². The Hall–Kier alpha value is -2.32. The Labute approximate surface area is 158 Å². The van der Waals surface area contributed by atoms with Crippen LogP contribution in [0.3, 0.4) is 0 Å². The van der Waals surface area contributed by atoms with Crippen LogP contribution in [-0.4, -0.2) is 27.4 Å². The molecule has 0 saturated heterocycles. The number of thiazole rings is 2. The predicted octanol–water partition coefficient (Wildman–Crippen LogP) is 3.44. The molecule has 0 unspecified atom stereocenters. The van der Waals surface area contributed by atoms with E-state index in [0.29, 0.717) is 23.7 Å². The molecule has 0 bridgehead atoms. The second kappa shape index (κ2) is 7.51. The fourth-order valence-electron chi connectivity index (χ4n) is 2.61. The van der Waals surface area contributed by atoms with E-state index < -0.39 is 0 Å². The third-order valence-corrected chi connectivity index (χ3v) is 5.90. The number of benzene rings is 1. The monoisotopic (exact) mass is 391 g/mol. The average molecular weight is 391 g/mol. The highest BCUT2D eigenvalue weighted by Gasteiger charge is 2.21. The van der Waals surface area contributed by atoms with Gasteiger partial charge in [0.1, 0.15) is 10.7 Å². The molecule has 3 rings (SSSR count). The van der Waals surface area contributed by atoms with Crippen molar-refractivity contribution in [1.82, 2.24) is 14.5 Å². The van der Waals surface area contributed by atoms with Gasteiger partial charge >= 0.3 is 4.87 Å². The Morgan fingerprint density at radius 1 is 1.27 bits per heavy atom. The highest BCUT2D eigenvalue weighted by atomic mass is 32.1. The first-order chi connectivity index (χ1) is 12.3. The number of aromatic nitrogens is 2. The van der Waals surface area contributed by atoms with Gasteiger partial charge in [0.05, 0.1) is 17.2 Å². The molecule has 2 aromatic heterocycles. The van der Waals surface area contributed by atoms with E-state index in [0.717, 1.165) is 27.6 Å². The van der Waals surface area contributed by atoms with E-state index in [4.69, 9.17) is 0 Å². The summed E-state index contributed by atoms with van der Waals surface area (Å²) in [5.74, 6) is -0.534. The van der Waals surface area contributed by atoms with Crippen molar-refractivity contribution in [1.29, 1.82) is 0 Å². The van der Waals surface area contributed by atoms with E-state index in [9.17, 15) is 14.0 Å². The number of hydrogen-bond acceptors (Lipinski definition) is 5. The number of rotatable bonds is 5. The first kappa shape index (κ1) is 18.5. The summed E-state index contributed by atoms with van der Waals surface area (Å²) in [6, 6.07) is 6.02. The van der Waals surface area contributed by atoms with E-state index in [1.807, 2.05) is 12.3 Å². The highest BCUT2D eigenvalue weighted by molar-refractivity contribution is 7.11. The van der Waals surface area contributed by atoms with Crippen LogP contribution in [0.5, 0.6) is 0 Å². The van der Waals surface area contributed by atoms with Crippen LogP contribution in [0.2, 0.25) is 0 Å². The highest BCUT2D eigenvalue weighted by Crippen LogP contribution is 2.18. The molecule has 0 atom stereocenters. The summed E-state index contributed by atoms with van der Waals surface area (Å²) in [6.45, 7) is 4.39. The van der Waals surface area contributed by atoms with Crippen LogP contribution in [-0.2, 0) is 13.1 Å². The zero-order chi connectivity index (χ0) is 18.8. The molecule has 0 aliphatic heterocycles. The molecule has 0 aliphatic carbocycles. The first-order valence-electron chi connectivity index (χ1n) is 7.96. The van der Waals surface area contributed by atoms with E-state index in [1.54, 1.807) is 30.7 Å². The Balaban J connectivity index is 1.80. The van der Waals surface area contributed by atoms with Crippen LogP contribution in [0.1, 0.15) is 31.6 Å². The van der Waals surface area contributed by atoms with Gasteiger partial charge in [-0.15, -0.1) is 11.3 Å². The lowest BCUT2D eigenvalue weighted by Crippen LogP contribution is -2.26. The van der Waals surface area contributed by atoms with E-state index in [2.05, 4.69) is 4.98 Å². The minimum atomic E-state index is -0.314. The van der Waals surface area contributed by atoms with Crippen molar-refractivity contribution in [2.24, 2.45) is 0 Å². The lowest BCUT2D eigenvalue weighted by atomic mass is 10.2. The normalized spacial score (nSPS) is 10.9. The van der Waals surface area contributed by atoms with Gasteiger partial charge in [-0.05, 0) is 31.5 Å². The minimum Gasteiger partial charge on any atom is -0.337 e. The van der Waals surface area contributed by atoms with E-state index in [-0.39, 0.29) is 16.6 Å². The van der Waals surface area contributed by atoms with Gasteiger partial charge in [0.2, 0.25) is 0 Å². The predicted molar refractivity (Wildman–Crippen MR) is 101 cm³/mol. The topological polar surface area (TPSA) is 55.2 Å². The van der Waals surface area contributed by atoms with Crippen molar-refractivity contribution in [3.63, 3.8) is 0 Å². The summed E-state index contributed by atoms with van der Waals surface area (Å²) in [5, 5.41) is 2.86. The molecule has 0 fully saturated rings. The fraction of sp³-hybridized carbons (Fsp3) is 0.278. The van der Waals surface area contributed by atoms with Crippen molar-refractivity contribution in [3.05, 3.63) is 72.0 Å². The van der Waals surface area contributed by atoms with Crippen LogP contribution >= 0.6 is 22.7 Å². The number of carbonyl (C=O) groups is 1. The van der Waals surface area contributed by atoms with Crippen LogP contribution < -0.4 is 4.87 Å². The summed E-state index contributed by atoms with van der Waals surface area (Å²) >= 11 is 2.48. The van der Waals surface area contributed by atoms with E-state index in [1.165, 1.54) is 28.4 Å². The maximum atomic E-state index is 13.0. The number of hydrogen-bond donors (Lipinski definition) is 0. The second-order valence-corrected chi connectivity index (χ2v) is 8.04. The molecule has 3 aromatic rings.